The molecule has 26 heavy (non-hydrogen) atoms. The van der Waals surface area contributed by atoms with Crippen LogP contribution in [0.2, 0.25) is 0 Å². The van der Waals surface area contributed by atoms with Gasteiger partial charge in [0.2, 0.25) is 0 Å². The molecule has 2 aromatic carbocycles. The third kappa shape index (κ3) is 4.21. The summed E-state index contributed by atoms with van der Waals surface area (Å²) in [6.07, 6.45) is 3.19. The van der Waals surface area contributed by atoms with E-state index in [9.17, 15) is 14.0 Å². The normalized spacial score (nSPS) is 15.6. The Kier molecular flexibility index (Phi) is 5.53. The lowest BCUT2D eigenvalue weighted by molar-refractivity contribution is -0.122. The van der Waals surface area contributed by atoms with E-state index in [4.69, 9.17) is 4.74 Å². The van der Waals surface area contributed by atoms with Crippen molar-refractivity contribution in [3.8, 4) is 5.75 Å². The molecule has 0 saturated carbocycles. The molecule has 2 aromatic rings. The number of nitrogens with zero attached hydrogens (tertiary/aromatic N) is 1. The number of ether oxygens (including phenoxy) is 1. The van der Waals surface area contributed by atoms with Gasteiger partial charge in [-0.25, -0.2) is 4.39 Å². The summed E-state index contributed by atoms with van der Waals surface area (Å²) >= 11 is 0.914. The number of halogens is 1. The first-order valence-electron chi connectivity index (χ1n) is 7.90. The summed E-state index contributed by atoms with van der Waals surface area (Å²) in [5.74, 6) is 0.0179. The quantitative estimate of drug-likeness (QED) is 0.550. The highest BCUT2D eigenvalue weighted by Gasteiger charge is 2.33. The Hall–Kier alpha value is -2.86. The molecule has 0 spiro atoms. The van der Waals surface area contributed by atoms with Gasteiger partial charge in [0.1, 0.15) is 18.2 Å². The lowest BCUT2D eigenvalue weighted by Crippen LogP contribution is -2.27. The highest BCUT2D eigenvalue weighted by Crippen LogP contribution is 2.32. The number of amides is 2. The third-order valence-electron chi connectivity index (χ3n) is 3.66. The fourth-order valence-electron chi connectivity index (χ4n) is 2.39. The number of benzene rings is 2. The SMILES string of the molecule is C=CCN1C(=O)S/C(=C/c2ccc(OCc3cccc(F)c3)cc2)C1=O. The van der Waals surface area contributed by atoms with Crippen molar-refractivity contribution in [1.82, 2.24) is 4.90 Å². The minimum absolute atomic E-state index is 0.203. The first kappa shape index (κ1) is 17.9. The predicted molar refractivity (Wildman–Crippen MR) is 100 cm³/mol. The van der Waals surface area contributed by atoms with Crippen LogP contribution in [0.3, 0.4) is 0 Å². The van der Waals surface area contributed by atoms with E-state index in [1.807, 2.05) is 0 Å². The third-order valence-corrected chi connectivity index (χ3v) is 4.57. The van der Waals surface area contributed by atoms with Gasteiger partial charge < -0.3 is 4.74 Å². The minimum Gasteiger partial charge on any atom is -0.489 e. The molecule has 2 amide bonds. The maximum atomic E-state index is 13.2. The molecule has 0 radical (unpaired) electrons. The number of hydrogen-bond acceptors (Lipinski definition) is 4. The zero-order valence-electron chi connectivity index (χ0n) is 13.9. The van der Waals surface area contributed by atoms with Gasteiger partial charge in [0.25, 0.3) is 11.1 Å². The minimum atomic E-state index is -0.314. The molecule has 1 saturated heterocycles. The van der Waals surface area contributed by atoms with Crippen LogP contribution in [0.25, 0.3) is 6.08 Å². The summed E-state index contributed by atoms with van der Waals surface area (Å²) in [7, 11) is 0. The average molecular weight is 369 g/mol. The largest absolute Gasteiger partial charge is 0.489 e. The molecular formula is C20H16FNO3S. The van der Waals surface area contributed by atoms with E-state index in [-0.39, 0.29) is 30.1 Å². The van der Waals surface area contributed by atoms with E-state index < -0.39 is 0 Å². The van der Waals surface area contributed by atoms with Crippen LogP contribution in [-0.4, -0.2) is 22.6 Å². The van der Waals surface area contributed by atoms with Crippen molar-refractivity contribution in [2.24, 2.45) is 0 Å². The van der Waals surface area contributed by atoms with Crippen LogP contribution in [0.4, 0.5) is 9.18 Å². The summed E-state index contributed by atoms with van der Waals surface area (Å²) in [6.45, 7) is 4.01. The molecule has 3 rings (SSSR count). The van der Waals surface area contributed by atoms with Gasteiger partial charge in [0.15, 0.2) is 0 Å². The monoisotopic (exact) mass is 369 g/mol. The van der Waals surface area contributed by atoms with Crippen molar-refractivity contribution in [3.63, 3.8) is 0 Å². The van der Waals surface area contributed by atoms with Crippen molar-refractivity contribution in [1.29, 1.82) is 0 Å². The summed E-state index contributed by atoms with van der Waals surface area (Å²) in [6, 6.07) is 13.3. The maximum Gasteiger partial charge on any atom is 0.293 e. The number of hydrogen-bond donors (Lipinski definition) is 0. The topological polar surface area (TPSA) is 46.6 Å². The molecule has 1 fully saturated rings. The van der Waals surface area contributed by atoms with Crippen LogP contribution in [0.1, 0.15) is 11.1 Å². The fraction of sp³-hybridized carbons (Fsp3) is 0.100. The van der Waals surface area contributed by atoms with Crippen molar-refractivity contribution in [3.05, 3.63) is 83.0 Å². The van der Waals surface area contributed by atoms with E-state index in [1.165, 1.54) is 18.2 Å². The number of imide groups is 1. The van der Waals surface area contributed by atoms with Crippen LogP contribution < -0.4 is 4.74 Å². The first-order valence-corrected chi connectivity index (χ1v) is 8.72. The molecule has 1 heterocycles. The summed E-state index contributed by atoms with van der Waals surface area (Å²) in [4.78, 5) is 25.5. The van der Waals surface area contributed by atoms with E-state index in [0.717, 1.165) is 27.8 Å². The molecule has 0 unspecified atom stereocenters. The van der Waals surface area contributed by atoms with Gasteiger partial charge in [-0.2, -0.15) is 0 Å². The van der Waals surface area contributed by atoms with Crippen LogP contribution in [0, 0.1) is 5.82 Å². The van der Waals surface area contributed by atoms with Crippen LogP contribution in [0.5, 0.6) is 5.75 Å². The molecule has 0 atom stereocenters. The number of carbonyl (C=O) groups excluding carboxylic acids is 2. The average Bonchev–Trinajstić information content (AvgIpc) is 2.89. The van der Waals surface area contributed by atoms with Gasteiger partial charge in [0.05, 0.1) is 4.91 Å². The molecule has 0 N–H and O–H groups in total. The second-order valence-electron chi connectivity index (χ2n) is 5.57. The van der Waals surface area contributed by atoms with E-state index in [2.05, 4.69) is 6.58 Å². The van der Waals surface area contributed by atoms with Crippen LogP contribution in [-0.2, 0) is 11.4 Å². The smallest absolute Gasteiger partial charge is 0.293 e. The highest BCUT2D eigenvalue weighted by molar-refractivity contribution is 8.18. The predicted octanol–water partition coefficient (Wildman–Crippen LogP) is 4.63. The van der Waals surface area contributed by atoms with E-state index in [1.54, 1.807) is 42.5 Å². The van der Waals surface area contributed by atoms with Gasteiger partial charge in [-0.3, -0.25) is 14.5 Å². The van der Waals surface area contributed by atoms with Gasteiger partial charge in [0, 0.05) is 6.54 Å². The lowest BCUT2D eigenvalue weighted by atomic mass is 10.2. The molecule has 0 aliphatic carbocycles. The van der Waals surface area contributed by atoms with Gasteiger partial charge in [-0.1, -0.05) is 30.3 Å². The van der Waals surface area contributed by atoms with Gasteiger partial charge in [-0.05, 0) is 53.2 Å². The van der Waals surface area contributed by atoms with Gasteiger partial charge >= 0.3 is 0 Å². The van der Waals surface area contributed by atoms with Crippen LogP contribution >= 0.6 is 11.8 Å². The molecule has 4 nitrogen and oxygen atoms in total. The molecule has 1 aliphatic heterocycles. The second-order valence-corrected chi connectivity index (χ2v) is 6.56. The zero-order chi connectivity index (χ0) is 18.5. The fourth-order valence-corrected chi connectivity index (χ4v) is 3.24. The van der Waals surface area contributed by atoms with Crippen molar-refractivity contribution >= 4 is 29.0 Å². The maximum absolute atomic E-state index is 13.2. The Bertz CT molecular complexity index is 877. The highest BCUT2D eigenvalue weighted by atomic mass is 32.2. The van der Waals surface area contributed by atoms with E-state index in [0.29, 0.717) is 10.7 Å². The lowest BCUT2D eigenvalue weighted by Gasteiger charge is -2.08. The number of thioether (sulfide) groups is 1. The Labute approximate surface area is 155 Å². The van der Waals surface area contributed by atoms with Crippen molar-refractivity contribution < 1.29 is 18.7 Å². The Morgan fingerprint density at radius 2 is 1.92 bits per heavy atom. The number of rotatable bonds is 6. The summed E-state index contributed by atoms with van der Waals surface area (Å²) in [5.41, 5.74) is 1.53. The Morgan fingerprint density at radius 3 is 2.62 bits per heavy atom. The molecule has 0 aromatic heterocycles. The standard InChI is InChI=1S/C20H16FNO3S/c1-2-10-22-19(23)18(26-20(22)24)12-14-6-8-17(9-7-14)25-13-15-4-3-5-16(21)11-15/h2-9,11-12H,1,10,13H2/b18-12+. The summed E-state index contributed by atoms with van der Waals surface area (Å²) in [5, 5.41) is -0.295. The molecule has 6 heteroatoms. The zero-order valence-corrected chi connectivity index (χ0v) is 14.7. The second kappa shape index (κ2) is 8.01. The Balaban J connectivity index is 1.65. The van der Waals surface area contributed by atoms with Crippen molar-refractivity contribution in [2.45, 2.75) is 6.61 Å². The van der Waals surface area contributed by atoms with E-state index >= 15 is 0 Å². The summed E-state index contributed by atoms with van der Waals surface area (Å²) < 4.78 is 18.8. The first-order chi connectivity index (χ1) is 12.6. The Morgan fingerprint density at radius 1 is 1.15 bits per heavy atom. The number of carbonyl (C=O) groups is 2. The van der Waals surface area contributed by atoms with Crippen LogP contribution in [0.15, 0.2) is 66.1 Å². The molecular weight excluding hydrogens is 353 g/mol. The molecule has 0 bridgehead atoms. The molecule has 132 valence electrons. The van der Waals surface area contributed by atoms with Crippen molar-refractivity contribution in [2.75, 3.05) is 6.54 Å². The molecule has 1 aliphatic rings. The van der Waals surface area contributed by atoms with Gasteiger partial charge in [-0.15, -0.1) is 6.58 Å².